The number of benzene rings is 1. The zero-order valence-corrected chi connectivity index (χ0v) is 9.82. The highest BCUT2D eigenvalue weighted by molar-refractivity contribution is 5.93. The quantitative estimate of drug-likeness (QED) is 0.721. The lowest BCUT2D eigenvalue weighted by Crippen LogP contribution is -2.34. The predicted molar refractivity (Wildman–Crippen MR) is 66.8 cm³/mol. The van der Waals surface area contributed by atoms with Crippen LogP contribution in [0.1, 0.15) is 37.7 Å². The Morgan fingerprint density at radius 2 is 1.88 bits per heavy atom. The van der Waals surface area contributed by atoms with Gasteiger partial charge in [0.15, 0.2) is 0 Å². The maximum absolute atomic E-state index is 10.9. The van der Waals surface area contributed by atoms with Gasteiger partial charge in [-0.25, -0.2) is 0 Å². The molecule has 1 aliphatic carbocycles. The Hall–Kier alpha value is -1.15. The van der Waals surface area contributed by atoms with Gasteiger partial charge >= 0.3 is 0 Å². The highest BCUT2D eigenvalue weighted by atomic mass is 16.3. The van der Waals surface area contributed by atoms with E-state index in [1.54, 1.807) is 7.05 Å². The van der Waals surface area contributed by atoms with E-state index in [-0.39, 0.29) is 0 Å². The molecule has 0 aliphatic heterocycles. The standard InChI is InChI=1S/C14H19NO/c1-15-13-10-6-3-7-11-14(13,16)12-8-4-2-5-9-12/h2,4-5,8-9,16H,3,6-7,10-11H2,1H3. The van der Waals surface area contributed by atoms with Crippen molar-refractivity contribution in [2.24, 2.45) is 4.99 Å². The van der Waals surface area contributed by atoms with Gasteiger partial charge in [0.2, 0.25) is 0 Å². The smallest absolute Gasteiger partial charge is 0.127 e. The minimum atomic E-state index is -0.827. The van der Waals surface area contributed by atoms with E-state index in [2.05, 4.69) is 4.99 Å². The van der Waals surface area contributed by atoms with Crippen LogP contribution in [0.5, 0.6) is 0 Å². The Balaban J connectivity index is 2.40. The summed E-state index contributed by atoms with van der Waals surface area (Å²) in [5, 5.41) is 10.9. The van der Waals surface area contributed by atoms with Gasteiger partial charge < -0.3 is 5.11 Å². The van der Waals surface area contributed by atoms with Crippen molar-refractivity contribution in [3.8, 4) is 0 Å². The minimum Gasteiger partial charge on any atom is -0.379 e. The van der Waals surface area contributed by atoms with E-state index in [4.69, 9.17) is 0 Å². The summed E-state index contributed by atoms with van der Waals surface area (Å²) < 4.78 is 0. The van der Waals surface area contributed by atoms with E-state index in [1.165, 1.54) is 6.42 Å². The van der Waals surface area contributed by atoms with E-state index in [9.17, 15) is 5.11 Å². The highest BCUT2D eigenvalue weighted by Gasteiger charge is 2.35. The third-order valence-corrected chi connectivity index (χ3v) is 3.45. The van der Waals surface area contributed by atoms with Crippen molar-refractivity contribution in [2.45, 2.75) is 37.7 Å². The van der Waals surface area contributed by atoms with Gasteiger partial charge in [0.05, 0.1) is 0 Å². The third-order valence-electron chi connectivity index (χ3n) is 3.45. The van der Waals surface area contributed by atoms with Crippen molar-refractivity contribution < 1.29 is 5.11 Å². The maximum Gasteiger partial charge on any atom is 0.127 e. The Bertz CT molecular complexity index is 372. The molecule has 1 N–H and O–H groups in total. The van der Waals surface area contributed by atoms with Gasteiger partial charge in [-0.05, 0) is 31.2 Å². The second kappa shape index (κ2) is 4.79. The first-order valence-corrected chi connectivity index (χ1v) is 6.01. The van der Waals surface area contributed by atoms with Crippen molar-refractivity contribution in [3.63, 3.8) is 0 Å². The lowest BCUT2D eigenvalue weighted by molar-refractivity contribution is 0.0994. The molecule has 1 saturated carbocycles. The summed E-state index contributed by atoms with van der Waals surface area (Å²) in [6.45, 7) is 0. The van der Waals surface area contributed by atoms with Crippen LogP contribution in [0.2, 0.25) is 0 Å². The summed E-state index contributed by atoms with van der Waals surface area (Å²) in [5.74, 6) is 0. The van der Waals surface area contributed by atoms with Crippen molar-refractivity contribution in [1.82, 2.24) is 0 Å². The topological polar surface area (TPSA) is 32.6 Å². The molecule has 16 heavy (non-hydrogen) atoms. The molecule has 0 bridgehead atoms. The highest BCUT2D eigenvalue weighted by Crippen LogP contribution is 2.33. The molecule has 1 fully saturated rings. The summed E-state index contributed by atoms with van der Waals surface area (Å²) in [4.78, 5) is 4.30. The second-order valence-corrected chi connectivity index (χ2v) is 4.46. The van der Waals surface area contributed by atoms with Gasteiger partial charge in [0, 0.05) is 12.8 Å². The maximum atomic E-state index is 10.9. The molecular weight excluding hydrogens is 198 g/mol. The third kappa shape index (κ3) is 2.03. The zero-order valence-electron chi connectivity index (χ0n) is 9.82. The Morgan fingerprint density at radius 1 is 1.12 bits per heavy atom. The summed E-state index contributed by atoms with van der Waals surface area (Å²) >= 11 is 0. The van der Waals surface area contributed by atoms with E-state index >= 15 is 0 Å². The number of aliphatic imine (C=N–C) groups is 1. The summed E-state index contributed by atoms with van der Waals surface area (Å²) in [5.41, 5.74) is 1.10. The molecule has 0 heterocycles. The van der Waals surface area contributed by atoms with Crippen LogP contribution in [0.15, 0.2) is 35.3 Å². The fourth-order valence-corrected chi connectivity index (χ4v) is 2.52. The molecule has 0 spiro atoms. The Labute approximate surface area is 97.0 Å². The number of nitrogens with zero attached hydrogens (tertiary/aromatic N) is 1. The zero-order chi connectivity index (χ0) is 11.4. The molecule has 0 aromatic heterocycles. The van der Waals surface area contributed by atoms with Gasteiger partial charge in [0.1, 0.15) is 5.60 Å². The molecule has 0 amide bonds. The van der Waals surface area contributed by atoms with Gasteiger partial charge in [-0.15, -0.1) is 0 Å². The van der Waals surface area contributed by atoms with Gasteiger partial charge in [0.25, 0.3) is 0 Å². The van der Waals surface area contributed by atoms with Crippen LogP contribution in [-0.2, 0) is 5.60 Å². The molecule has 2 nitrogen and oxygen atoms in total. The van der Waals surface area contributed by atoms with Crippen molar-refractivity contribution in [1.29, 1.82) is 0 Å². The second-order valence-electron chi connectivity index (χ2n) is 4.46. The molecule has 1 aromatic rings. The summed E-state index contributed by atoms with van der Waals surface area (Å²) in [6.07, 6.45) is 5.12. The molecule has 1 atom stereocenters. The molecule has 1 unspecified atom stereocenters. The van der Waals surface area contributed by atoms with Crippen LogP contribution < -0.4 is 0 Å². The first kappa shape index (κ1) is 11.3. The lowest BCUT2D eigenvalue weighted by atomic mass is 9.85. The molecule has 0 radical (unpaired) electrons. The number of rotatable bonds is 1. The van der Waals surface area contributed by atoms with E-state index in [0.29, 0.717) is 0 Å². The minimum absolute atomic E-state index is 0.795. The fourth-order valence-electron chi connectivity index (χ4n) is 2.52. The van der Waals surface area contributed by atoms with Crippen molar-refractivity contribution in [3.05, 3.63) is 35.9 Å². The lowest BCUT2D eigenvalue weighted by Gasteiger charge is -2.28. The van der Waals surface area contributed by atoms with Gasteiger partial charge in [-0.2, -0.15) is 0 Å². The summed E-state index contributed by atoms with van der Waals surface area (Å²) in [7, 11) is 1.79. The van der Waals surface area contributed by atoms with Crippen LogP contribution >= 0.6 is 0 Å². The number of hydrogen-bond donors (Lipinski definition) is 1. The van der Waals surface area contributed by atoms with Crippen LogP contribution in [0.4, 0.5) is 0 Å². The number of hydrogen-bond acceptors (Lipinski definition) is 2. The van der Waals surface area contributed by atoms with E-state index < -0.39 is 5.60 Å². The average molecular weight is 217 g/mol. The predicted octanol–water partition coefficient (Wildman–Crippen LogP) is 2.91. The number of aliphatic hydroxyl groups is 1. The molecule has 2 heteroatoms. The van der Waals surface area contributed by atoms with Gasteiger partial charge in [-0.1, -0.05) is 36.8 Å². The molecule has 0 saturated heterocycles. The normalized spacial score (nSPS) is 29.0. The first-order chi connectivity index (χ1) is 7.77. The van der Waals surface area contributed by atoms with E-state index in [1.807, 2.05) is 30.3 Å². The van der Waals surface area contributed by atoms with Gasteiger partial charge in [-0.3, -0.25) is 4.99 Å². The summed E-state index contributed by atoms with van der Waals surface area (Å²) in [6, 6.07) is 9.93. The Morgan fingerprint density at radius 3 is 2.56 bits per heavy atom. The fraction of sp³-hybridized carbons (Fsp3) is 0.500. The van der Waals surface area contributed by atoms with Crippen molar-refractivity contribution >= 4 is 5.71 Å². The van der Waals surface area contributed by atoms with Crippen molar-refractivity contribution in [2.75, 3.05) is 7.05 Å². The van der Waals surface area contributed by atoms with Crippen LogP contribution in [0, 0.1) is 0 Å². The Kier molecular flexibility index (Phi) is 3.39. The molecule has 2 rings (SSSR count). The molecular formula is C14H19NO. The SMILES string of the molecule is CN=C1CCCCCC1(O)c1ccccc1. The molecule has 1 aromatic carbocycles. The van der Waals surface area contributed by atoms with Crippen LogP contribution in [0.25, 0.3) is 0 Å². The largest absolute Gasteiger partial charge is 0.379 e. The van der Waals surface area contributed by atoms with Crippen LogP contribution in [-0.4, -0.2) is 17.9 Å². The monoisotopic (exact) mass is 217 g/mol. The van der Waals surface area contributed by atoms with E-state index in [0.717, 1.165) is 37.0 Å². The molecule has 86 valence electrons. The molecule has 1 aliphatic rings. The average Bonchev–Trinajstić information content (AvgIpc) is 2.53. The first-order valence-electron chi connectivity index (χ1n) is 6.01. The van der Waals surface area contributed by atoms with Crippen LogP contribution in [0.3, 0.4) is 0 Å².